The minimum atomic E-state index is 0.362. The molecule has 0 aliphatic rings. The SMILES string of the molecule is Cc1cc(C)c(C(C)NCCCCN)c(C)n1. The lowest BCUT2D eigenvalue weighted by molar-refractivity contribution is 0.543. The van der Waals surface area contributed by atoms with Crippen LogP contribution in [0.3, 0.4) is 0 Å². The van der Waals surface area contributed by atoms with Gasteiger partial charge in [0.2, 0.25) is 0 Å². The fourth-order valence-corrected chi connectivity index (χ4v) is 2.38. The number of aryl methyl sites for hydroxylation is 3. The van der Waals surface area contributed by atoms with Crippen LogP contribution < -0.4 is 11.1 Å². The van der Waals surface area contributed by atoms with Crippen molar-refractivity contribution < 1.29 is 0 Å². The van der Waals surface area contributed by atoms with Crippen molar-refractivity contribution in [1.82, 2.24) is 10.3 Å². The van der Waals surface area contributed by atoms with Crippen molar-refractivity contribution in [1.29, 1.82) is 0 Å². The van der Waals surface area contributed by atoms with Gasteiger partial charge in [0.25, 0.3) is 0 Å². The first kappa shape index (κ1) is 14.1. The van der Waals surface area contributed by atoms with E-state index in [9.17, 15) is 0 Å². The molecule has 0 amide bonds. The largest absolute Gasteiger partial charge is 0.330 e. The molecular weight excluding hydrogens is 210 g/mol. The van der Waals surface area contributed by atoms with Crippen molar-refractivity contribution in [3.63, 3.8) is 0 Å². The Bertz CT molecular complexity index is 337. The van der Waals surface area contributed by atoms with Crippen LogP contribution in [-0.4, -0.2) is 18.1 Å². The summed E-state index contributed by atoms with van der Waals surface area (Å²) < 4.78 is 0. The van der Waals surface area contributed by atoms with E-state index in [4.69, 9.17) is 5.73 Å². The molecule has 96 valence electrons. The Hall–Kier alpha value is -0.930. The Morgan fingerprint density at radius 1 is 1.29 bits per heavy atom. The van der Waals surface area contributed by atoms with E-state index in [0.717, 1.165) is 37.3 Å². The Labute approximate surface area is 105 Å². The third-order valence-electron chi connectivity index (χ3n) is 3.10. The lowest BCUT2D eigenvalue weighted by Gasteiger charge is -2.19. The summed E-state index contributed by atoms with van der Waals surface area (Å²) in [4.78, 5) is 4.54. The van der Waals surface area contributed by atoms with Crippen LogP contribution in [0.1, 0.15) is 48.3 Å². The summed E-state index contributed by atoms with van der Waals surface area (Å²) in [5.74, 6) is 0. The summed E-state index contributed by atoms with van der Waals surface area (Å²) in [5.41, 5.74) is 10.4. The zero-order valence-electron chi connectivity index (χ0n) is 11.5. The first-order valence-corrected chi connectivity index (χ1v) is 6.44. The number of rotatable bonds is 6. The van der Waals surface area contributed by atoms with E-state index in [-0.39, 0.29) is 0 Å². The smallest absolute Gasteiger partial charge is 0.0426 e. The molecule has 0 aliphatic carbocycles. The lowest BCUT2D eigenvalue weighted by Crippen LogP contribution is -2.22. The van der Waals surface area contributed by atoms with Crippen LogP contribution in [0.15, 0.2) is 6.07 Å². The first-order chi connectivity index (χ1) is 8.06. The van der Waals surface area contributed by atoms with Gasteiger partial charge in [-0.1, -0.05) is 0 Å². The van der Waals surface area contributed by atoms with E-state index in [1.54, 1.807) is 0 Å². The van der Waals surface area contributed by atoms with E-state index >= 15 is 0 Å². The molecule has 0 bridgehead atoms. The molecule has 3 N–H and O–H groups in total. The number of nitrogens with one attached hydrogen (secondary N) is 1. The summed E-state index contributed by atoms with van der Waals surface area (Å²) >= 11 is 0. The van der Waals surface area contributed by atoms with Gasteiger partial charge in [-0.15, -0.1) is 0 Å². The van der Waals surface area contributed by atoms with Crippen LogP contribution >= 0.6 is 0 Å². The van der Waals surface area contributed by atoms with Crippen molar-refractivity contribution in [3.8, 4) is 0 Å². The third kappa shape index (κ3) is 4.10. The third-order valence-corrected chi connectivity index (χ3v) is 3.10. The van der Waals surface area contributed by atoms with Crippen molar-refractivity contribution in [2.24, 2.45) is 5.73 Å². The maximum absolute atomic E-state index is 5.48. The zero-order chi connectivity index (χ0) is 12.8. The Kier molecular flexibility index (Phi) is 5.59. The van der Waals surface area contributed by atoms with Crippen molar-refractivity contribution in [2.45, 2.75) is 46.6 Å². The number of pyridine rings is 1. The number of hydrogen-bond donors (Lipinski definition) is 2. The van der Waals surface area contributed by atoms with Gasteiger partial charge < -0.3 is 11.1 Å². The predicted octanol–water partition coefficient (Wildman–Crippen LogP) is 2.40. The summed E-state index contributed by atoms with van der Waals surface area (Å²) in [7, 11) is 0. The van der Waals surface area contributed by atoms with Gasteiger partial charge in [-0.2, -0.15) is 0 Å². The summed E-state index contributed by atoms with van der Waals surface area (Å²) in [6.45, 7) is 10.3. The molecule has 0 aliphatic heterocycles. The van der Waals surface area contributed by atoms with Crippen LogP contribution in [0.5, 0.6) is 0 Å². The van der Waals surface area contributed by atoms with E-state index in [1.807, 2.05) is 6.92 Å². The van der Waals surface area contributed by atoms with Crippen molar-refractivity contribution >= 4 is 0 Å². The van der Waals surface area contributed by atoms with Gasteiger partial charge in [-0.25, -0.2) is 0 Å². The molecule has 1 rings (SSSR count). The summed E-state index contributed by atoms with van der Waals surface area (Å²) in [6.07, 6.45) is 2.22. The van der Waals surface area contributed by atoms with Crippen LogP contribution in [0.25, 0.3) is 0 Å². The van der Waals surface area contributed by atoms with Crippen LogP contribution in [-0.2, 0) is 0 Å². The van der Waals surface area contributed by atoms with Crippen LogP contribution in [0, 0.1) is 20.8 Å². The van der Waals surface area contributed by atoms with Crippen molar-refractivity contribution in [3.05, 3.63) is 28.6 Å². The highest BCUT2D eigenvalue weighted by Crippen LogP contribution is 2.20. The minimum Gasteiger partial charge on any atom is -0.330 e. The van der Waals surface area contributed by atoms with E-state index < -0.39 is 0 Å². The molecule has 1 unspecified atom stereocenters. The van der Waals surface area contributed by atoms with Gasteiger partial charge in [-0.05, 0) is 70.8 Å². The van der Waals surface area contributed by atoms with Crippen LogP contribution in [0.2, 0.25) is 0 Å². The van der Waals surface area contributed by atoms with Gasteiger partial charge in [-0.3, -0.25) is 4.98 Å². The lowest BCUT2D eigenvalue weighted by atomic mass is 10.0. The number of hydrogen-bond acceptors (Lipinski definition) is 3. The normalized spacial score (nSPS) is 12.8. The zero-order valence-corrected chi connectivity index (χ0v) is 11.5. The van der Waals surface area contributed by atoms with Crippen LogP contribution in [0.4, 0.5) is 0 Å². The second kappa shape index (κ2) is 6.72. The number of nitrogens with two attached hydrogens (primary N) is 1. The highest BCUT2D eigenvalue weighted by Gasteiger charge is 2.12. The average molecular weight is 235 g/mol. The Morgan fingerprint density at radius 3 is 2.59 bits per heavy atom. The molecule has 1 aromatic rings. The molecule has 1 aromatic heterocycles. The maximum atomic E-state index is 5.48. The quantitative estimate of drug-likeness (QED) is 0.744. The number of unbranched alkanes of at least 4 members (excludes halogenated alkanes) is 1. The predicted molar refractivity (Wildman–Crippen MR) is 73.2 cm³/mol. The fraction of sp³-hybridized carbons (Fsp3) is 0.643. The highest BCUT2D eigenvalue weighted by atomic mass is 14.9. The minimum absolute atomic E-state index is 0.362. The standard InChI is InChI=1S/C14H25N3/c1-10-9-11(2)17-13(4)14(10)12(3)16-8-6-5-7-15/h9,12,16H,5-8,15H2,1-4H3. The van der Waals surface area contributed by atoms with E-state index in [0.29, 0.717) is 6.04 Å². The van der Waals surface area contributed by atoms with Gasteiger partial charge in [0.1, 0.15) is 0 Å². The molecule has 0 fully saturated rings. The highest BCUT2D eigenvalue weighted by molar-refractivity contribution is 5.33. The summed E-state index contributed by atoms with van der Waals surface area (Å²) in [6, 6.07) is 2.52. The van der Waals surface area contributed by atoms with E-state index in [1.165, 1.54) is 11.1 Å². The molecule has 17 heavy (non-hydrogen) atoms. The fourth-order valence-electron chi connectivity index (χ4n) is 2.38. The number of aromatic nitrogens is 1. The van der Waals surface area contributed by atoms with Gasteiger partial charge in [0, 0.05) is 17.4 Å². The van der Waals surface area contributed by atoms with Gasteiger partial charge in [0.05, 0.1) is 0 Å². The van der Waals surface area contributed by atoms with E-state index in [2.05, 4.69) is 37.1 Å². The molecule has 0 aromatic carbocycles. The molecule has 3 heteroatoms. The topological polar surface area (TPSA) is 50.9 Å². The van der Waals surface area contributed by atoms with Crippen molar-refractivity contribution in [2.75, 3.05) is 13.1 Å². The van der Waals surface area contributed by atoms with Gasteiger partial charge >= 0.3 is 0 Å². The second-order valence-corrected chi connectivity index (χ2v) is 4.75. The monoisotopic (exact) mass is 235 g/mol. The Balaban J connectivity index is 2.65. The second-order valence-electron chi connectivity index (χ2n) is 4.75. The molecule has 0 spiro atoms. The molecule has 1 heterocycles. The number of nitrogens with zero attached hydrogens (tertiary/aromatic N) is 1. The molecule has 0 saturated carbocycles. The molecular formula is C14H25N3. The molecule has 0 saturated heterocycles. The maximum Gasteiger partial charge on any atom is 0.0426 e. The average Bonchev–Trinajstić information content (AvgIpc) is 2.23. The molecule has 3 nitrogen and oxygen atoms in total. The molecule has 1 atom stereocenters. The van der Waals surface area contributed by atoms with Gasteiger partial charge in [0.15, 0.2) is 0 Å². The first-order valence-electron chi connectivity index (χ1n) is 6.44. The molecule has 0 radical (unpaired) electrons. The Morgan fingerprint density at radius 2 is 2.00 bits per heavy atom. The summed E-state index contributed by atoms with van der Waals surface area (Å²) in [5, 5.41) is 3.54.